The second-order valence-electron chi connectivity index (χ2n) is 5.74. The number of hydrogen-bond donors (Lipinski definition) is 2. The highest BCUT2D eigenvalue weighted by Gasteiger charge is 2.52. The predicted molar refractivity (Wildman–Crippen MR) is 86.2 cm³/mol. The van der Waals surface area contributed by atoms with E-state index in [1.54, 1.807) is 11.8 Å². The molecule has 0 aromatic carbocycles. The first-order valence-corrected chi connectivity index (χ1v) is 8.68. The molecule has 0 aliphatic heterocycles. The lowest BCUT2D eigenvalue weighted by molar-refractivity contribution is -0.516. The molecular weight excluding hydrogens is 402 g/mol. The Morgan fingerprint density at radius 1 is 0.750 bits per heavy atom. The number of aliphatic hydroxyl groups is 2. The van der Waals surface area contributed by atoms with Gasteiger partial charge in [0.25, 0.3) is 0 Å². The van der Waals surface area contributed by atoms with Crippen LogP contribution < -0.4 is 0 Å². The standard InChI is InChI=1S/C15H28F6N2O5/c1-3-22(5-8-24)7-10-26-12-14(18,19)28-15(20,21)27-13(16,17)11-23(4-2)6-9-25/h24-25H,3-12H2,1-2H3. The van der Waals surface area contributed by atoms with Crippen LogP contribution in [0, 0.1) is 0 Å². The van der Waals surface area contributed by atoms with Gasteiger partial charge in [-0.2, -0.15) is 17.6 Å². The summed E-state index contributed by atoms with van der Waals surface area (Å²) in [5, 5.41) is 17.5. The lowest BCUT2D eigenvalue weighted by atomic mass is 10.4. The number of nitrogens with zero attached hydrogens (tertiary/aromatic N) is 2. The molecule has 170 valence electrons. The Balaban J connectivity index is 4.53. The fraction of sp³-hybridized carbons (Fsp3) is 1.00. The van der Waals surface area contributed by atoms with E-state index in [0.29, 0.717) is 6.54 Å². The van der Waals surface area contributed by atoms with E-state index in [1.807, 2.05) is 0 Å². The Labute approximate surface area is 159 Å². The molecule has 0 heterocycles. The Morgan fingerprint density at radius 3 is 1.75 bits per heavy atom. The van der Waals surface area contributed by atoms with E-state index < -0.39 is 38.3 Å². The third-order valence-electron chi connectivity index (χ3n) is 3.49. The largest absolute Gasteiger partial charge is 0.494 e. The van der Waals surface area contributed by atoms with Gasteiger partial charge in [0, 0.05) is 19.6 Å². The number of ether oxygens (including phenoxy) is 3. The molecule has 0 rings (SSSR count). The van der Waals surface area contributed by atoms with Crippen molar-refractivity contribution in [1.82, 2.24) is 9.80 Å². The van der Waals surface area contributed by atoms with Crippen molar-refractivity contribution < 1.29 is 50.8 Å². The summed E-state index contributed by atoms with van der Waals surface area (Å²) in [7, 11) is 0. The molecule has 0 saturated heterocycles. The average molecular weight is 430 g/mol. The molecule has 2 N–H and O–H groups in total. The van der Waals surface area contributed by atoms with Crippen LogP contribution in [0.15, 0.2) is 0 Å². The van der Waals surface area contributed by atoms with Gasteiger partial charge in [0.2, 0.25) is 0 Å². The van der Waals surface area contributed by atoms with E-state index >= 15 is 0 Å². The van der Waals surface area contributed by atoms with Crippen molar-refractivity contribution in [2.45, 2.75) is 32.4 Å². The maximum Gasteiger partial charge on any atom is 0.494 e. The van der Waals surface area contributed by atoms with Crippen molar-refractivity contribution in [2.75, 3.05) is 65.7 Å². The number of halogens is 6. The van der Waals surface area contributed by atoms with Crippen LogP contribution in [0.2, 0.25) is 0 Å². The summed E-state index contributed by atoms with van der Waals surface area (Å²) < 4.78 is 91.6. The molecule has 0 spiro atoms. The van der Waals surface area contributed by atoms with E-state index in [2.05, 4.69) is 14.2 Å². The predicted octanol–water partition coefficient (Wildman–Crippen LogP) is 1.40. The van der Waals surface area contributed by atoms with Crippen molar-refractivity contribution in [3.05, 3.63) is 0 Å². The van der Waals surface area contributed by atoms with Crippen LogP contribution in [0.25, 0.3) is 0 Å². The molecule has 0 radical (unpaired) electrons. The second kappa shape index (κ2) is 12.8. The van der Waals surface area contributed by atoms with Gasteiger partial charge in [0.15, 0.2) is 0 Å². The molecule has 0 fully saturated rings. The first-order chi connectivity index (χ1) is 12.9. The van der Waals surface area contributed by atoms with Gasteiger partial charge >= 0.3 is 18.5 Å². The molecule has 0 saturated carbocycles. The molecule has 0 amide bonds. The second-order valence-corrected chi connectivity index (χ2v) is 5.74. The molecule has 7 nitrogen and oxygen atoms in total. The normalized spacial score (nSPS) is 13.7. The van der Waals surface area contributed by atoms with Crippen molar-refractivity contribution in [2.24, 2.45) is 0 Å². The molecule has 0 bridgehead atoms. The minimum Gasteiger partial charge on any atom is -0.395 e. The van der Waals surface area contributed by atoms with E-state index in [4.69, 9.17) is 10.2 Å². The monoisotopic (exact) mass is 430 g/mol. The first-order valence-electron chi connectivity index (χ1n) is 8.68. The summed E-state index contributed by atoms with van der Waals surface area (Å²) in [6, 6.07) is 0. The molecule has 0 unspecified atom stereocenters. The van der Waals surface area contributed by atoms with Crippen LogP contribution in [-0.2, 0) is 14.2 Å². The quantitative estimate of drug-likeness (QED) is 0.205. The Hall–Kier alpha value is -0.700. The van der Waals surface area contributed by atoms with Gasteiger partial charge < -0.3 is 14.9 Å². The van der Waals surface area contributed by atoms with Gasteiger partial charge in [0.05, 0.1) is 26.4 Å². The molecule has 0 atom stereocenters. The fourth-order valence-corrected chi connectivity index (χ4v) is 2.14. The Bertz CT molecular complexity index is 420. The Morgan fingerprint density at radius 2 is 1.25 bits per heavy atom. The smallest absolute Gasteiger partial charge is 0.395 e. The summed E-state index contributed by atoms with van der Waals surface area (Å²) in [5.41, 5.74) is 0. The summed E-state index contributed by atoms with van der Waals surface area (Å²) in [6.07, 6.45) is -14.4. The summed E-state index contributed by atoms with van der Waals surface area (Å²) >= 11 is 0. The van der Waals surface area contributed by atoms with Crippen LogP contribution >= 0.6 is 0 Å². The average Bonchev–Trinajstić information content (AvgIpc) is 2.54. The summed E-state index contributed by atoms with van der Waals surface area (Å²) in [5.74, 6) is 0. The molecule has 0 aliphatic rings. The number of alkyl halides is 6. The minimum atomic E-state index is -5.28. The molecule has 0 aromatic rings. The third-order valence-corrected chi connectivity index (χ3v) is 3.49. The highest BCUT2D eigenvalue weighted by Crippen LogP contribution is 2.33. The van der Waals surface area contributed by atoms with Crippen LogP contribution in [0.1, 0.15) is 13.8 Å². The topological polar surface area (TPSA) is 74.6 Å². The molecule has 28 heavy (non-hydrogen) atoms. The zero-order valence-corrected chi connectivity index (χ0v) is 15.9. The lowest BCUT2D eigenvalue weighted by Gasteiger charge is -2.29. The van der Waals surface area contributed by atoms with Crippen LogP contribution in [0.3, 0.4) is 0 Å². The Kier molecular flexibility index (Phi) is 12.5. The van der Waals surface area contributed by atoms with E-state index in [-0.39, 0.29) is 39.4 Å². The van der Waals surface area contributed by atoms with Crippen molar-refractivity contribution in [3.63, 3.8) is 0 Å². The van der Waals surface area contributed by atoms with Gasteiger partial charge in [-0.1, -0.05) is 13.8 Å². The van der Waals surface area contributed by atoms with Gasteiger partial charge in [-0.25, -0.2) is 9.47 Å². The first kappa shape index (κ1) is 27.3. The summed E-state index contributed by atoms with van der Waals surface area (Å²) in [4.78, 5) is 2.55. The lowest BCUT2D eigenvalue weighted by Crippen LogP contribution is -2.47. The van der Waals surface area contributed by atoms with Gasteiger partial charge in [-0.15, -0.1) is 8.78 Å². The summed E-state index contributed by atoms with van der Waals surface area (Å²) in [6.45, 7) is -0.00356. The highest BCUT2D eigenvalue weighted by molar-refractivity contribution is 4.64. The van der Waals surface area contributed by atoms with Crippen LogP contribution in [0.4, 0.5) is 26.3 Å². The minimum absolute atomic E-state index is 0.0129. The highest BCUT2D eigenvalue weighted by atomic mass is 19.3. The number of hydrogen-bond acceptors (Lipinski definition) is 7. The van der Waals surface area contributed by atoms with E-state index in [9.17, 15) is 26.3 Å². The molecule has 13 heteroatoms. The van der Waals surface area contributed by atoms with Crippen LogP contribution in [0.5, 0.6) is 0 Å². The van der Waals surface area contributed by atoms with Crippen molar-refractivity contribution in [1.29, 1.82) is 0 Å². The van der Waals surface area contributed by atoms with Crippen molar-refractivity contribution in [3.8, 4) is 0 Å². The van der Waals surface area contributed by atoms with Gasteiger partial charge in [0.1, 0.15) is 6.61 Å². The number of aliphatic hydroxyl groups excluding tert-OH is 2. The number of rotatable bonds is 17. The van der Waals surface area contributed by atoms with Crippen LogP contribution in [-0.4, -0.2) is 104 Å². The van der Waals surface area contributed by atoms with Crippen molar-refractivity contribution >= 4 is 0 Å². The van der Waals surface area contributed by atoms with Gasteiger partial charge in [-0.3, -0.25) is 9.80 Å². The third kappa shape index (κ3) is 12.7. The van der Waals surface area contributed by atoms with Gasteiger partial charge in [-0.05, 0) is 13.1 Å². The fourth-order valence-electron chi connectivity index (χ4n) is 2.14. The molecular formula is C15H28F6N2O5. The molecule has 0 aromatic heterocycles. The molecule has 0 aliphatic carbocycles. The number of likely N-dealkylation sites (N-methyl/N-ethyl adjacent to an activating group) is 2. The maximum absolute atomic E-state index is 13.6. The zero-order chi connectivity index (χ0) is 21.8. The zero-order valence-electron chi connectivity index (χ0n) is 15.9. The van der Waals surface area contributed by atoms with E-state index in [0.717, 1.165) is 4.90 Å². The van der Waals surface area contributed by atoms with E-state index in [1.165, 1.54) is 6.92 Å². The SMILES string of the molecule is CCN(CCO)CCOCC(F)(F)OC(F)(F)OC(F)(F)CN(CC)CCO. The maximum atomic E-state index is 13.6.